The zero-order chi connectivity index (χ0) is 32.7. The topological polar surface area (TPSA) is 104 Å². The van der Waals surface area contributed by atoms with E-state index in [9.17, 15) is 28.7 Å². The number of imide groups is 2. The van der Waals surface area contributed by atoms with Gasteiger partial charge in [0, 0.05) is 16.0 Å². The maximum atomic E-state index is 14.5. The first-order chi connectivity index (χ1) is 21.9. The van der Waals surface area contributed by atoms with Gasteiger partial charge in [-0.05, 0) is 60.7 Å². The van der Waals surface area contributed by atoms with Gasteiger partial charge in [-0.1, -0.05) is 57.9 Å². The molecule has 6 atom stereocenters. The summed E-state index contributed by atoms with van der Waals surface area (Å²) in [4.78, 5) is 54.5. The van der Waals surface area contributed by atoms with Gasteiger partial charge in [0.15, 0.2) is 21.2 Å². The Hall–Kier alpha value is -3.73. The Balaban J connectivity index is 1.40. The summed E-state index contributed by atoms with van der Waals surface area (Å²) in [6.07, 6.45) is 1.74. The number of allylic oxidation sites excluding steroid dienone is 2. The van der Waals surface area contributed by atoms with Crippen molar-refractivity contribution >= 4 is 68.4 Å². The quantitative estimate of drug-likeness (QED) is 0.195. The van der Waals surface area contributed by atoms with E-state index in [0.717, 1.165) is 22.6 Å². The molecule has 0 aromatic heterocycles. The lowest BCUT2D eigenvalue weighted by Crippen LogP contribution is -2.60. The number of benzene rings is 3. The van der Waals surface area contributed by atoms with E-state index in [2.05, 4.69) is 15.9 Å². The van der Waals surface area contributed by atoms with Crippen LogP contribution in [0.5, 0.6) is 11.5 Å². The van der Waals surface area contributed by atoms with Crippen LogP contribution in [0.3, 0.4) is 0 Å². The van der Waals surface area contributed by atoms with Crippen molar-refractivity contribution in [1.29, 1.82) is 0 Å². The number of anilines is 1. The molecule has 0 radical (unpaired) electrons. The molecule has 4 aliphatic rings. The molecule has 4 amide bonds. The lowest BCUT2D eigenvalue weighted by Gasteiger charge is -2.50. The van der Waals surface area contributed by atoms with Gasteiger partial charge >= 0.3 is 0 Å². The summed E-state index contributed by atoms with van der Waals surface area (Å²) in [5.74, 6) is -6.83. The molecule has 3 aromatic carbocycles. The fraction of sp³-hybridized carbons (Fsp3) is 0.294. The smallest absolute Gasteiger partial charge is 0.258 e. The predicted molar refractivity (Wildman–Crippen MR) is 171 cm³/mol. The van der Waals surface area contributed by atoms with Crippen molar-refractivity contribution in [2.24, 2.45) is 17.8 Å². The fourth-order valence-corrected chi connectivity index (χ4v) is 9.08. The molecule has 2 heterocycles. The highest BCUT2D eigenvalue weighted by molar-refractivity contribution is 9.10. The molecule has 46 heavy (non-hydrogen) atoms. The van der Waals surface area contributed by atoms with Gasteiger partial charge in [0.2, 0.25) is 11.8 Å². The third-order valence-corrected chi connectivity index (χ3v) is 11.6. The van der Waals surface area contributed by atoms with Crippen LogP contribution in [-0.2, 0) is 25.7 Å². The molecule has 0 bridgehead atoms. The van der Waals surface area contributed by atoms with E-state index < -0.39 is 57.0 Å². The van der Waals surface area contributed by atoms with Gasteiger partial charge in [0.05, 0.1) is 31.2 Å². The molecular weight excluding hydrogens is 702 g/mol. The van der Waals surface area contributed by atoms with Crippen molar-refractivity contribution in [2.45, 2.75) is 35.1 Å². The van der Waals surface area contributed by atoms with Crippen LogP contribution in [-0.4, -0.2) is 50.5 Å². The van der Waals surface area contributed by atoms with Crippen LogP contribution in [0.15, 0.2) is 82.9 Å². The lowest BCUT2D eigenvalue weighted by molar-refractivity contribution is -0.141. The number of amides is 4. The number of nitrogens with zero attached hydrogens (tertiary/aromatic N) is 2. The van der Waals surface area contributed by atoms with E-state index in [4.69, 9.17) is 27.9 Å². The largest absolute Gasteiger partial charge is 0.504 e. The number of hydrogen-bond acceptors (Lipinski definition) is 6. The molecule has 8 nitrogen and oxygen atoms in total. The number of phenols is 1. The number of aromatic hydroxyl groups is 1. The Labute approximate surface area is 281 Å². The zero-order valence-electron chi connectivity index (χ0n) is 24.3. The van der Waals surface area contributed by atoms with Gasteiger partial charge in [-0.2, -0.15) is 0 Å². The van der Waals surface area contributed by atoms with Gasteiger partial charge < -0.3 is 9.84 Å². The number of ether oxygens (including phenoxy) is 1. The van der Waals surface area contributed by atoms with E-state index in [1.165, 1.54) is 30.2 Å². The molecule has 3 fully saturated rings. The molecule has 2 saturated heterocycles. The van der Waals surface area contributed by atoms with E-state index >= 15 is 0 Å². The molecule has 0 spiro atoms. The highest BCUT2D eigenvalue weighted by Gasteiger charge is 2.77. The highest BCUT2D eigenvalue weighted by atomic mass is 79.9. The second-order valence-corrected chi connectivity index (χ2v) is 14.2. The normalized spacial score (nSPS) is 30.2. The number of carbonyl (C=O) groups is 4. The van der Waals surface area contributed by atoms with Crippen molar-refractivity contribution < 1.29 is 33.4 Å². The molecule has 2 aliphatic heterocycles. The van der Waals surface area contributed by atoms with Crippen molar-refractivity contribution in [2.75, 3.05) is 12.0 Å². The third kappa shape index (κ3) is 4.22. The summed E-state index contributed by atoms with van der Waals surface area (Å²) in [5, 5.41) is 11.5. The molecule has 1 saturated carbocycles. The molecule has 12 heteroatoms. The number of carbonyl (C=O) groups excluding carboxylic acids is 4. The van der Waals surface area contributed by atoms with Gasteiger partial charge in [0.1, 0.15) is 5.82 Å². The number of halogens is 4. The van der Waals surface area contributed by atoms with E-state index in [1.807, 2.05) is 30.3 Å². The molecule has 2 aliphatic carbocycles. The molecule has 3 aromatic rings. The summed E-state index contributed by atoms with van der Waals surface area (Å²) in [5.41, 5.74) is 1.52. The second kappa shape index (κ2) is 10.9. The number of phenolic OH excluding ortho intramolecular Hbond substituents is 1. The average Bonchev–Trinajstić information content (AvgIpc) is 3.37. The van der Waals surface area contributed by atoms with Crippen LogP contribution >= 0.6 is 39.1 Å². The summed E-state index contributed by atoms with van der Waals surface area (Å²) < 4.78 is 19.8. The zero-order valence-corrected chi connectivity index (χ0v) is 27.4. The number of methoxy groups -OCH3 is 1. The Morgan fingerprint density at radius 3 is 2.35 bits per heavy atom. The Bertz CT molecular complexity index is 1860. The van der Waals surface area contributed by atoms with Crippen LogP contribution in [0.25, 0.3) is 0 Å². The van der Waals surface area contributed by atoms with Crippen molar-refractivity contribution in [1.82, 2.24) is 4.90 Å². The molecule has 6 unspecified atom stereocenters. The standard InChI is InChI=1S/C34H26BrCl2FN2O6/c1-46-25-14-18(35)13-23(28(25)41)27-21-11-12-22-26(30(43)39(29(22)42)16-17-5-3-2-4-6-17)24(21)15-33(36)31(44)40(32(45)34(27,33)37)20-9-7-19(38)8-10-20/h2-11,13-14,22,24,26-27,41H,12,15-16H2,1H3. The van der Waals surface area contributed by atoms with Crippen LogP contribution in [0.4, 0.5) is 10.1 Å². The Kier molecular flexibility index (Phi) is 7.34. The predicted octanol–water partition coefficient (Wildman–Crippen LogP) is 6.07. The van der Waals surface area contributed by atoms with Crippen LogP contribution in [0, 0.1) is 23.6 Å². The minimum Gasteiger partial charge on any atom is -0.504 e. The third-order valence-electron chi connectivity index (χ3n) is 9.77. The highest BCUT2D eigenvalue weighted by Crippen LogP contribution is 2.67. The summed E-state index contributed by atoms with van der Waals surface area (Å²) in [6.45, 7) is 0.0851. The second-order valence-electron chi connectivity index (χ2n) is 12.0. The van der Waals surface area contributed by atoms with Gasteiger partial charge in [0.25, 0.3) is 11.8 Å². The van der Waals surface area contributed by atoms with Crippen molar-refractivity contribution in [3.05, 3.63) is 99.8 Å². The average molecular weight is 728 g/mol. The number of fused-ring (bicyclic) bond motifs is 4. The van der Waals surface area contributed by atoms with Crippen LogP contribution < -0.4 is 9.64 Å². The molecular formula is C34H26BrCl2FN2O6. The fourth-order valence-electron chi connectivity index (χ4n) is 7.70. The first-order valence-corrected chi connectivity index (χ1v) is 16.1. The van der Waals surface area contributed by atoms with Gasteiger partial charge in [-0.3, -0.25) is 24.1 Å². The monoisotopic (exact) mass is 726 g/mol. The minimum absolute atomic E-state index is 0.0663. The van der Waals surface area contributed by atoms with Crippen molar-refractivity contribution in [3.8, 4) is 11.5 Å². The lowest BCUT2D eigenvalue weighted by atomic mass is 9.56. The maximum absolute atomic E-state index is 14.5. The number of likely N-dealkylation sites (tertiary alicyclic amines) is 1. The molecule has 1 N–H and O–H groups in total. The summed E-state index contributed by atoms with van der Waals surface area (Å²) in [7, 11) is 1.37. The number of rotatable bonds is 5. The van der Waals surface area contributed by atoms with Gasteiger partial charge in [-0.25, -0.2) is 9.29 Å². The molecule has 7 rings (SSSR count). The minimum atomic E-state index is -2.19. The van der Waals surface area contributed by atoms with E-state index in [1.54, 1.807) is 12.1 Å². The number of alkyl halides is 2. The molecule has 236 valence electrons. The van der Waals surface area contributed by atoms with E-state index in [-0.39, 0.29) is 48.0 Å². The summed E-state index contributed by atoms with van der Waals surface area (Å²) >= 11 is 18.2. The SMILES string of the molecule is COc1cc(Br)cc(C2C3=CCC4C(=O)N(Cc5ccccc5)C(=O)C4C3CC3(Cl)C(=O)N(c4ccc(F)cc4)C(=O)C23Cl)c1O. The first kappa shape index (κ1) is 30.9. The van der Waals surface area contributed by atoms with Gasteiger partial charge in [-0.15, -0.1) is 23.2 Å². The van der Waals surface area contributed by atoms with Crippen LogP contribution in [0.1, 0.15) is 29.9 Å². The summed E-state index contributed by atoms with van der Waals surface area (Å²) in [6, 6.07) is 17.0. The maximum Gasteiger partial charge on any atom is 0.258 e. The Morgan fingerprint density at radius 1 is 0.978 bits per heavy atom. The Morgan fingerprint density at radius 2 is 1.67 bits per heavy atom. The number of hydrogen-bond donors (Lipinski definition) is 1. The van der Waals surface area contributed by atoms with E-state index in [0.29, 0.717) is 10.0 Å². The van der Waals surface area contributed by atoms with Crippen molar-refractivity contribution in [3.63, 3.8) is 0 Å². The van der Waals surface area contributed by atoms with Crippen LogP contribution in [0.2, 0.25) is 0 Å². The first-order valence-electron chi connectivity index (χ1n) is 14.6.